The molecule has 2 heterocycles. The van der Waals surface area contributed by atoms with Crippen molar-refractivity contribution in [3.05, 3.63) is 46.0 Å². The Morgan fingerprint density at radius 1 is 1.48 bits per heavy atom. The zero-order valence-corrected chi connectivity index (χ0v) is 12.6. The first kappa shape index (κ1) is 15.2. The van der Waals surface area contributed by atoms with Crippen molar-refractivity contribution in [2.75, 3.05) is 13.6 Å². The van der Waals surface area contributed by atoms with Crippen molar-refractivity contribution in [2.24, 2.45) is 0 Å². The van der Waals surface area contributed by atoms with Crippen LogP contribution in [-0.4, -0.2) is 44.5 Å². The summed E-state index contributed by atoms with van der Waals surface area (Å²) in [5.74, 6) is -0.454. The topological polar surface area (TPSA) is 74.9 Å². The van der Waals surface area contributed by atoms with E-state index in [1.54, 1.807) is 39.2 Å². The van der Waals surface area contributed by atoms with Crippen LogP contribution in [0, 0.1) is 6.92 Å². The molecule has 0 radical (unpaired) electrons. The normalized spacial score (nSPS) is 11.7. The molecule has 1 amide bonds. The number of carbonyl (C=O) groups is 1. The van der Waals surface area contributed by atoms with Crippen molar-refractivity contribution >= 4 is 11.6 Å². The number of amides is 1. The van der Waals surface area contributed by atoms with E-state index in [4.69, 9.17) is 0 Å². The van der Waals surface area contributed by atoms with Crippen LogP contribution in [-0.2, 0) is 0 Å². The molecule has 0 bridgehead atoms. The first-order chi connectivity index (χ1) is 9.69. The van der Waals surface area contributed by atoms with Crippen molar-refractivity contribution in [3.63, 3.8) is 0 Å². The highest BCUT2D eigenvalue weighted by molar-refractivity contribution is 5.93. The van der Waals surface area contributed by atoms with Gasteiger partial charge in [-0.1, -0.05) is 0 Å². The zero-order valence-electron chi connectivity index (χ0n) is 12.6. The molecule has 0 aliphatic rings. The number of carbonyl (C=O) groups excluding carboxylic acids is 1. The molecule has 0 aliphatic heterocycles. The maximum atomic E-state index is 12.4. The monoisotopic (exact) mass is 289 g/mol. The van der Waals surface area contributed by atoms with Gasteiger partial charge in [0.05, 0.1) is 5.60 Å². The molecule has 1 N–H and O–H groups in total. The Balaban J connectivity index is 2.43. The van der Waals surface area contributed by atoms with Crippen molar-refractivity contribution in [1.29, 1.82) is 0 Å². The standard InChI is InChI=1S/C15H19N3O3/c1-10-5-6-18-12(7-10)16-8-11(14(18)20)13(19)17(4)9-15(2,3)21/h5-8,21H,9H2,1-4H3. The summed E-state index contributed by atoms with van der Waals surface area (Å²) >= 11 is 0. The molecule has 2 rings (SSSR count). The van der Waals surface area contributed by atoms with Crippen LogP contribution < -0.4 is 5.56 Å². The van der Waals surface area contributed by atoms with Crippen LogP contribution in [0.1, 0.15) is 29.8 Å². The second-order valence-corrected chi connectivity index (χ2v) is 5.88. The van der Waals surface area contributed by atoms with Gasteiger partial charge >= 0.3 is 0 Å². The average molecular weight is 289 g/mol. The lowest BCUT2D eigenvalue weighted by molar-refractivity contribution is 0.0366. The van der Waals surface area contributed by atoms with Crippen LogP contribution in [0.4, 0.5) is 0 Å². The highest BCUT2D eigenvalue weighted by Gasteiger charge is 2.23. The Bertz CT molecular complexity index is 744. The first-order valence-corrected chi connectivity index (χ1v) is 6.65. The number of fused-ring (bicyclic) bond motifs is 1. The largest absolute Gasteiger partial charge is 0.389 e. The number of nitrogens with zero attached hydrogens (tertiary/aromatic N) is 3. The Hall–Kier alpha value is -2.21. The van der Waals surface area contributed by atoms with Gasteiger partial charge in [0, 0.05) is 26.0 Å². The molecular weight excluding hydrogens is 270 g/mol. The molecule has 2 aromatic heterocycles. The molecule has 6 heteroatoms. The third kappa shape index (κ3) is 3.28. The van der Waals surface area contributed by atoms with Gasteiger partial charge in [-0.15, -0.1) is 0 Å². The maximum Gasteiger partial charge on any atom is 0.270 e. The lowest BCUT2D eigenvalue weighted by Crippen LogP contribution is -2.41. The Morgan fingerprint density at radius 2 is 2.14 bits per heavy atom. The van der Waals surface area contributed by atoms with E-state index in [0.29, 0.717) is 5.65 Å². The van der Waals surface area contributed by atoms with Gasteiger partial charge in [0.25, 0.3) is 11.5 Å². The van der Waals surface area contributed by atoms with E-state index in [2.05, 4.69) is 4.98 Å². The van der Waals surface area contributed by atoms with Crippen LogP contribution in [0.5, 0.6) is 0 Å². The highest BCUT2D eigenvalue weighted by Crippen LogP contribution is 2.07. The highest BCUT2D eigenvalue weighted by atomic mass is 16.3. The van der Waals surface area contributed by atoms with Crippen molar-refractivity contribution < 1.29 is 9.90 Å². The second-order valence-electron chi connectivity index (χ2n) is 5.88. The van der Waals surface area contributed by atoms with Crippen molar-refractivity contribution in [3.8, 4) is 0 Å². The SMILES string of the molecule is Cc1ccn2c(=O)c(C(=O)N(C)CC(C)(C)O)cnc2c1. The fourth-order valence-electron chi connectivity index (χ4n) is 2.18. The van der Waals surface area contributed by atoms with Crippen LogP contribution in [0.3, 0.4) is 0 Å². The zero-order chi connectivity index (χ0) is 15.8. The van der Waals surface area contributed by atoms with Crippen LogP contribution in [0.2, 0.25) is 0 Å². The molecule has 0 aromatic carbocycles. The molecule has 0 saturated carbocycles. The molecule has 21 heavy (non-hydrogen) atoms. The Labute approximate surface area is 122 Å². The number of hydrogen-bond donors (Lipinski definition) is 1. The summed E-state index contributed by atoms with van der Waals surface area (Å²) in [6.45, 7) is 5.24. The summed E-state index contributed by atoms with van der Waals surface area (Å²) < 4.78 is 1.35. The minimum Gasteiger partial charge on any atom is -0.389 e. The quantitative estimate of drug-likeness (QED) is 0.909. The lowest BCUT2D eigenvalue weighted by atomic mass is 10.1. The molecule has 2 aromatic rings. The molecule has 0 fully saturated rings. The summed E-state index contributed by atoms with van der Waals surface area (Å²) in [6, 6.07) is 3.56. The summed E-state index contributed by atoms with van der Waals surface area (Å²) in [7, 11) is 1.55. The van der Waals surface area contributed by atoms with E-state index in [9.17, 15) is 14.7 Å². The van der Waals surface area contributed by atoms with Gasteiger partial charge in [-0.05, 0) is 38.5 Å². The van der Waals surface area contributed by atoms with Gasteiger partial charge in [-0.3, -0.25) is 14.0 Å². The number of rotatable bonds is 3. The molecule has 112 valence electrons. The third-order valence-corrected chi connectivity index (χ3v) is 3.07. The van der Waals surface area contributed by atoms with E-state index in [-0.39, 0.29) is 12.1 Å². The van der Waals surface area contributed by atoms with Crippen LogP contribution in [0.15, 0.2) is 29.3 Å². The van der Waals surface area contributed by atoms with E-state index in [1.807, 2.05) is 6.92 Å². The van der Waals surface area contributed by atoms with Crippen LogP contribution in [0.25, 0.3) is 5.65 Å². The first-order valence-electron chi connectivity index (χ1n) is 6.65. The number of aromatic nitrogens is 2. The number of aliphatic hydroxyl groups is 1. The molecule has 0 atom stereocenters. The molecular formula is C15H19N3O3. The van der Waals surface area contributed by atoms with E-state index in [1.165, 1.54) is 15.5 Å². The number of likely N-dealkylation sites (N-methyl/N-ethyl adjacent to an activating group) is 1. The number of pyridine rings is 1. The molecule has 0 unspecified atom stereocenters. The van der Waals surface area contributed by atoms with Crippen LogP contribution >= 0.6 is 0 Å². The third-order valence-electron chi connectivity index (χ3n) is 3.07. The van der Waals surface area contributed by atoms with Gasteiger partial charge in [-0.25, -0.2) is 4.98 Å². The summed E-state index contributed by atoms with van der Waals surface area (Å²) in [5.41, 5.74) is 0.0413. The summed E-state index contributed by atoms with van der Waals surface area (Å²) in [5, 5.41) is 9.76. The molecule has 6 nitrogen and oxygen atoms in total. The van der Waals surface area contributed by atoms with E-state index in [0.717, 1.165) is 5.56 Å². The van der Waals surface area contributed by atoms with E-state index < -0.39 is 17.1 Å². The van der Waals surface area contributed by atoms with Gasteiger partial charge in [0.1, 0.15) is 11.2 Å². The average Bonchev–Trinajstić information content (AvgIpc) is 2.36. The predicted octanol–water partition coefficient (Wildman–Crippen LogP) is 0.846. The smallest absolute Gasteiger partial charge is 0.270 e. The van der Waals surface area contributed by atoms with Crippen molar-refractivity contribution in [1.82, 2.24) is 14.3 Å². The predicted molar refractivity (Wildman–Crippen MR) is 79.5 cm³/mol. The lowest BCUT2D eigenvalue weighted by Gasteiger charge is -2.25. The second kappa shape index (κ2) is 5.29. The van der Waals surface area contributed by atoms with Gasteiger partial charge in [-0.2, -0.15) is 0 Å². The Kier molecular flexibility index (Phi) is 3.82. The van der Waals surface area contributed by atoms with Crippen molar-refractivity contribution in [2.45, 2.75) is 26.4 Å². The van der Waals surface area contributed by atoms with Gasteiger partial charge < -0.3 is 10.0 Å². The van der Waals surface area contributed by atoms with E-state index >= 15 is 0 Å². The molecule has 0 spiro atoms. The number of hydrogen-bond acceptors (Lipinski definition) is 4. The number of aryl methyl sites for hydroxylation is 1. The summed E-state index contributed by atoms with van der Waals surface area (Å²) in [4.78, 5) is 30.2. The van der Waals surface area contributed by atoms with Gasteiger partial charge in [0.15, 0.2) is 0 Å². The molecule has 0 saturated heterocycles. The summed E-state index contributed by atoms with van der Waals surface area (Å²) in [6.07, 6.45) is 2.90. The minimum absolute atomic E-state index is 0.0110. The Morgan fingerprint density at radius 3 is 2.76 bits per heavy atom. The molecule has 0 aliphatic carbocycles. The minimum atomic E-state index is -1.03. The van der Waals surface area contributed by atoms with Gasteiger partial charge in [0.2, 0.25) is 0 Å². The fraction of sp³-hybridized carbons (Fsp3) is 0.400. The fourth-order valence-corrected chi connectivity index (χ4v) is 2.18. The maximum absolute atomic E-state index is 12.4.